The quantitative estimate of drug-likeness (QED) is 0.628. The summed E-state index contributed by atoms with van der Waals surface area (Å²) < 4.78 is 18.7. The molecule has 0 radical (unpaired) electrons. The van der Waals surface area contributed by atoms with Gasteiger partial charge in [-0.3, -0.25) is 14.9 Å². The van der Waals surface area contributed by atoms with Crippen LogP contribution in [0.15, 0.2) is 48.5 Å². The Morgan fingerprint density at radius 2 is 1.87 bits per heavy atom. The van der Waals surface area contributed by atoms with Crippen LogP contribution in [0.5, 0.6) is 5.75 Å². The van der Waals surface area contributed by atoms with Crippen molar-refractivity contribution in [3.63, 3.8) is 0 Å². The van der Waals surface area contributed by atoms with Crippen molar-refractivity contribution in [2.45, 2.75) is 13.0 Å². The van der Waals surface area contributed by atoms with E-state index in [1.807, 2.05) is 0 Å². The molecule has 0 spiro atoms. The van der Waals surface area contributed by atoms with Crippen molar-refractivity contribution in [3.05, 3.63) is 70.0 Å². The Hall–Kier alpha value is -2.96. The molecule has 0 bridgehead atoms. The smallest absolute Gasteiger partial charge is 0.269 e. The Labute approximate surface area is 132 Å². The highest BCUT2D eigenvalue weighted by Crippen LogP contribution is 2.17. The predicted octanol–water partition coefficient (Wildman–Crippen LogP) is 2.82. The molecule has 1 amide bonds. The molecule has 2 aromatic rings. The molecule has 2 aromatic carbocycles. The Bertz CT molecular complexity index is 689. The molecule has 0 aromatic heterocycles. The Morgan fingerprint density at radius 1 is 1.17 bits per heavy atom. The van der Waals surface area contributed by atoms with Crippen LogP contribution in [0.25, 0.3) is 0 Å². The van der Waals surface area contributed by atoms with Crippen molar-refractivity contribution in [1.82, 2.24) is 5.32 Å². The summed E-state index contributed by atoms with van der Waals surface area (Å²) in [6.07, 6.45) is 0.103. The number of carbonyl (C=O) groups excluding carboxylic acids is 1. The third-order valence-corrected chi connectivity index (χ3v) is 3.08. The number of ether oxygens (including phenoxy) is 1. The van der Waals surface area contributed by atoms with E-state index in [0.29, 0.717) is 11.3 Å². The molecule has 0 aliphatic rings. The maximum atomic E-state index is 13.4. The Balaban J connectivity index is 1.72. The minimum atomic E-state index is -0.500. The minimum absolute atomic E-state index is 0.0278. The summed E-state index contributed by atoms with van der Waals surface area (Å²) in [6, 6.07) is 11.8. The molecular formula is C16H15FN2O4. The highest BCUT2D eigenvalue weighted by molar-refractivity contribution is 5.76. The van der Waals surface area contributed by atoms with Gasteiger partial charge in [0.2, 0.25) is 5.91 Å². The monoisotopic (exact) mass is 318 g/mol. The van der Waals surface area contributed by atoms with Gasteiger partial charge in [0.15, 0.2) is 0 Å². The fraction of sp³-hybridized carbons (Fsp3) is 0.188. The molecule has 1 N–H and O–H groups in total. The van der Waals surface area contributed by atoms with Crippen LogP contribution >= 0.6 is 0 Å². The van der Waals surface area contributed by atoms with Crippen LogP contribution in [0.2, 0.25) is 0 Å². The summed E-state index contributed by atoms with van der Waals surface area (Å²) in [6.45, 7) is 0.240. The minimum Gasteiger partial charge on any atom is -0.493 e. The lowest BCUT2D eigenvalue weighted by Crippen LogP contribution is -2.24. The largest absolute Gasteiger partial charge is 0.493 e. The number of hydrogen-bond acceptors (Lipinski definition) is 4. The highest BCUT2D eigenvalue weighted by atomic mass is 19.1. The summed E-state index contributed by atoms with van der Waals surface area (Å²) in [5.41, 5.74) is 0.386. The highest BCUT2D eigenvalue weighted by Gasteiger charge is 2.07. The van der Waals surface area contributed by atoms with Crippen LogP contribution in [0, 0.1) is 15.9 Å². The van der Waals surface area contributed by atoms with Gasteiger partial charge in [-0.2, -0.15) is 0 Å². The maximum absolute atomic E-state index is 13.4. The van der Waals surface area contributed by atoms with Crippen molar-refractivity contribution in [2.24, 2.45) is 0 Å². The zero-order chi connectivity index (χ0) is 16.7. The first-order chi connectivity index (χ1) is 11.1. The number of amides is 1. The molecule has 0 fully saturated rings. The fourth-order valence-electron chi connectivity index (χ4n) is 1.85. The van der Waals surface area contributed by atoms with E-state index in [4.69, 9.17) is 4.74 Å². The van der Waals surface area contributed by atoms with Gasteiger partial charge in [-0.1, -0.05) is 18.2 Å². The molecule has 0 heterocycles. The molecule has 23 heavy (non-hydrogen) atoms. The number of hydrogen-bond donors (Lipinski definition) is 1. The van der Waals surface area contributed by atoms with Crippen molar-refractivity contribution in [1.29, 1.82) is 0 Å². The third kappa shape index (κ3) is 5.06. The van der Waals surface area contributed by atoms with E-state index in [2.05, 4.69) is 5.32 Å². The molecule has 0 saturated carbocycles. The van der Waals surface area contributed by atoms with Crippen LogP contribution < -0.4 is 10.1 Å². The number of benzene rings is 2. The second-order valence-corrected chi connectivity index (χ2v) is 4.72. The molecule has 7 heteroatoms. The lowest BCUT2D eigenvalue weighted by atomic mass is 10.2. The van der Waals surface area contributed by atoms with E-state index in [1.165, 1.54) is 30.3 Å². The molecule has 6 nitrogen and oxygen atoms in total. The standard InChI is InChI=1S/C16H15FN2O4/c17-15-4-2-1-3-12(15)11-18-16(20)9-10-23-14-7-5-13(6-8-14)19(21)22/h1-8H,9-11H2,(H,18,20). The van der Waals surface area contributed by atoms with E-state index < -0.39 is 4.92 Å². The third-order valence-electron chi connectivity index (χ3n) is 3.08. The number of non-ortho nitro benzene ring substituents is 1. The lowest BCUT2D eigenvalue weighted by Gasteiger charge is -2.08. The van der Waals surface area contributed by atoms with E-state index in [9.17, 15) is 19.3 Å². The Morgan fingerprint density at radius 3 is 2.52 bits per heavy atom. The van der Waals surface area contributed by atoms with E-state index >= 15 is 0 Å². The van der Waals surface area contributed by atoms with Gasteiger partial charge in [0.1, 0.15) is 11.6 Å². The van der Waals surface area contributed by atoms with Gasteiger partial charge < -0.3 is 10.1 Å². The second kappa shape index (κ2) is 7.88. The molecular weight excluding hydrogens is 303 g/mol. The summed E-state index contributed by atoms with van der Waals surface area (Å²) in [4.78, 5) is 21.7. The molecule has 120 valence electrons. The summed E-state index contributed by atoms with van der Waals surface area (Å²) in [7, 11) is 0. The van der Waals surface area contributed by atoms with Crippen molar-refractivity contribution in [2.75, 3.05) is 6.61 Å². The van der Waals surface area contributed by atoms with Crippen molar-refractivity contribution < 1.29 is 18.8 Å². The van der Waals surface area contributed by atoms with Gasteiger partial charge in [-0.25, -0.2) is 4.39 Å². The number of nitro benzene ring substituents is 1. The molecule has 0 unspecified atom stereocenters. The summed E-state index contributed by atoms with van der Waals surface area (Å²) in [5.74, 6) is -0.192. The average molecular weight is 318 g/mol. The number of carbonyl (C=O) groups is 1. The molecule has 0 aliphatic carbocycles. The second-order valence-electron chi connectivity index (χ2n) is 4.72. The van der Waals surface area contributed by atoms with Crippen LogP contribution in [0.4, 0.5) is 10.1 Å². The predicted molar refractivity (Wildman–Crippen MR) is 81.5 cm³/mol. The molecule has 0 saturated heterocycles. The van der Waals surface area contributed by atoms with E-state index in [-0.39, 0.29) is 37.0 Å². The van der Waals surface area contributed by atoms with Crippen LogP contribution in [0.1, 0.15) is 12.0 Å². The zero-order valence-electron chi connectivity index (χ0n) is 12.2. The summed E-state index contributed by atoms with van der Waals surface area (Å²) >= 11 is 0. The molecule has 2 rings (SSSR count). The topological polar surface area (TPSA) is 81.5 Å². The average Bonchev–Trinajstić information content (AvgIpc) is 2.54. The Kier molecular flexibility index (Phi) is 5.62. The van der Waals surface area contributed by atoms with E-state index in [0.717, 1.165) is 0 Å². The lowest BCUT2D eigenvalue weighted by molar-refractivity contribution is -0.384. The number of nitrogens with one attached hydrogen (secondary N) is 1. The first kappa shape index (κ1) is 16.4. The van der Waals surface area contributed by atoms with Gasteiger partial charge in [-0.15, -0.1) is 0 Å². The van der Waals surface area contributed by atoms with Crippen LogP contribution in [0.3, 0.4) is 0 Å². The first-order valence-corrected chi connectivity index (χ1v) is 6.93. The molecule has 0 aliphatic heterocycles. The van der Waals surface area contributed by atoms with Gasteiger partial charge in [0.25, 0.3) is 5.69 Å². The van der Waals surface area contributed by atoms with Gasteiger partial charge >= 0.3 is 0 Å². The maximum Gasteiger partial charge on any atom is 0.269 e. The summed E-state index contributed by atoms with van der Waals surface area (Å²) in [5, 5.41) is 13.1. The number of nitro groups is 1. The normalized spacial score (nSPS) is 10.1. The van der Waals surface area contributed by atoms with Gasteiger partial charge in [-0.05, 0) is 18.2 Å². The first-order valence-electron chi connectivity index (χ1n) is 6.93. The number of rotatable bonds is 7. The zero-order valence-corrected chi connectivity index (χ0v) is 12.2. The molecule has 0 atom stereocenters. The van der Waals surface area contributed by atoms with Gasteiger partial charge in [0, 0.05) is 24.2 Å². The number of nitrogens with zero attached hydrogens (tertiary/aromatic N) is 1. The van der Waals surface area contributed by atoms with Crippen LogP contribution in [-0.4, -0.2) is 17.4 Å². The number of halogens is 1. The van der Waals surface area contributed by atoms with Crippen molar-refractivity contribution in [3.8, 4) is 5.75 Å². The SMILES string of the molecule is O=C(CCOc1ccc([N+](=O)[O-])cc1)NCc1ccccc1F. The van der Waals surface area contributed by atoms with Gasteiger partial charge in [0.05, 0.1) is 18.0 Å². The van der Waals surface area contributed by atoms with Crippen LogP contribution in [-0.2, 0) is 11.3 Å². The van der Waals surface area contributed by atoms with Crippen molar-refractivity contribution >= 4 is 11.6 Å². The van der Waals surface area contributed by atoms with E-state index in [1.54, 1.807) is 18.2 Å². The fourth-order valence-corrected chi connectivity index (χ4v) is 1.85.